The summed E-state index contributed by atoms with van der Waals surface area (Å²) in [4.78, 5) is 8.83. The number of aromatic nitrogens is 2. The molecule has 22 heavy (non-hydrogen) atoms. The molecular weight excluding hydrogens is 276 g/mol. The number of nitrogens with zero attached hydrogens (tertiary/aromatic N) is 2. The quantitative estimate of drug-likeness (QED) is 0.845. The molecule has 0 amide bonds. The van der Waals surface area contributed by atoms with Gasteiger partial charge in [0, 0.05) is 17.9 Å². The lowest BCUT2D eigenvalue weighted by atomic mass is 10.2. The number of rotatable bonds is 6. The van der Waals surface area contributed by atoms with E-state index in [-0.39, 0.29) is 0 Å². The van der Waals surface area contributed by atoms with Gasteiger partial charge in [0.1, 0.15) is 11.6 Å². The molecular formula is C17H22N4O. The lowest BCUT2D eigenvalue weighted by molar-refractivity contribution is 0.340. The van der Waals surface area contributed by atoms with Crippen molar-refractivity contribution in [3.05, 3.63) is 36.5 Å². The number of nitrogens with one attached hydrogen (secondary N) is 2. The van der Waals surface area contributed by atoms with Gasteiger partial charge in [-0.15, -0.1) is 0 Å². The van der Waals surface area contributed by atoms with Crippen molar-refractivity contribution < 1.29 is 4.74 Å². The molecule has 0 radical (unpaired) electrons. The summed E-state index contributed by atoms with van der Waals surface area (Å²) in [6.07, 6.45) is 6.78. The summed E-state index contributed by atoms with van der Waals surface area (Å²) in [7, 11) is 0. The Balaban J connectivity index is 1.64. The van der Waals surface area contributed by atoms with Crippen molar-refractivity contribution in [2.75, 3.05) is 17.2 Å². The Hall–Kier alpha value is -2.30. The topological polar surface area (TPSA) is 59.1 Å². The van der Waals surface area contributed by atoms with Crippen LogP contribution in [-0.4, -0.2) is 22.6 Å². The fourth-order valence-corrected chi connectivity index (χ4v) is 2.70. The third-order valence-corrected chi connectivity index (χ3v) is 3.78. The Morgan fingerprint density at radius 3 is 2.64 bits per heavy atom. The summed E-state index contributed by atoms with van der Waals surface area (Å²) in [5, 5.41) is 6.70. The third-order valence-electron chi connectivity index (χ3n) is 3.78. The first-order valence-corrected chi connectivity index (χ1v) is 7.93. The Morgan fingerprint density at radius 1 is 1.14 bits per heavy atom. The molecule has 0 bridgehead atoms. The smallest absolute Gasteiger partial charge is 0.224 e. The van der Waals surface area contributed by atoms with Gasteiger partial charge in [-0.1, -0.05) is 12.8 Å². The Morgan fingerprint density at radius 2 is 1.91 bits per heavy atom. The highest BCUT2D eigenvalue weighted by Crippen LogP contribution is 2.22. The van der Waals surface area contributed by atoms with Crippen LogP contribution in [0.1, 0.15) is 32.6 Å². The van der Waals surface area contributed by atoms with Crippen molar-refractivity contribution in [3.8, 4) is 5.75 Å². The van der Waals surface area contributed by atoms with E-state index in [9.17, 15) is 0 Å². The van der Waals surface area contributed by atoms with Crippen molar-refractivity contribution in [2.24, 2.45) is 0 Å². The minimum atomic E-state index is 0.515. The Bertz CT molecular complexity index is 594. The number of benzene rings is 1. The Labute approximate surface area is 131 Å². The highest BCUT2D eigenvalue weighted by atomic mass is 16.5. The predicted molar refractivity (Wildman–Crippen MR) is 88.8 cm³/mol. The molecule has 0 unspecified atom stereocenters. The van der Waals surface area contributed by atoms with Gasteiger partial charge in [0.15, 0.2) is 0 Å². The second kappa shape index (κ2) is 7.11. The van der Waals surface area contributed by atoms with E-state index in [2.05, 4.69) is 20.6 Å². The van der Waals surface area contributed by atoms with Crippen LogP contribution in [0, 0.1) is 0 Å². The highest BCUT2D eigenvalue weighted by Gasteiger charge is 2.15. The summed E-state index contributed by atoms with van der Waals surface area (Å²) in [6, 6.07) is 10.3. The van der Waals surface area contributed by atoms with Gasteiger partial charge in [-0.3, -0.25) is 0 Å². The monoisotopic (exact) mass is 298 g/mol. The molecule has 116 valence electrons. The van der Waals surface area contributed by atoms with Crippen LogP contribution >= 0.6 is 0 Å². The normalized spacial score (nSPS) is 14.8. The first-order valence-electron chi connectivity index (χ1n) is 7.93. The van der Waals surface area contributed by atoms with Crippen molar-refractivity contribution in [1.29, 1.82) is 0 Å². The van der Waals surface area contributed by atoms with Crippen LogP contribution in [0.4, 0.5) is 17.5 Å². The fraction of sp³-hybridized carbons (Fsp3) is 0.412. The van der Waals surface area contributed by atoms with E-state index in [1.54, 1.807) is 6.20 Å². The van der Waals surface area contributed by atoms with Gasteiger partial charge >= 0.3 is 0 Å². The lowest BCUT2D eigenvalue weighted by Crippen LogP contribution is -2.16. The van der Waals surface area contributed by atoms with Crippen molar-refractivity contribution >= 4 is 17.5 Å². The zero-order valence-corrected chi connectivity index (χ0v) is 12.9. The number of ether oxygens (including phenoxy) is 1. The maximum atomic E-state index is 5.44. The van der Waals surface area contributed by atoms with Gasteiger partial charge < -0.3 is 15.4 Å². The molecule has 3 rings (SSSR count). The summed E-state index contributed by atoms with van der Waals surface area (Å²) in [5.41, 5.74) is 0.981. The highest BCUT2D eigenvalue weighted by molar-refractivity contribution is 5.57. The van der Waals surface area contributed by atoms with Gasteiger partial charge in [0.05, 0.1) is 6.61 Å². The molecule has 2 N–H and O–H groups in total. The molecule has 1 saturated carbocycles. The van der Waals surface area contributed by atoms with Crippen LogP contribution in [-0.2, 0) is 0 Å². The first-order chi connectivity index (χ1) is 10.8. The number of anilines is 3. The molecule has 1 fully saturated rings. The van der Waals surface area contributed by atoms with E-state index in [0.717, 1.165) is 17.3 Å². The largest absolute Gasteiger partial charge is 0.494 e. The zero-order chi connectivity index (χ0) is 15.2. The summed E-state index contributed by atoms with van der Waals surface area (Å²) in [5.74, 6) is 2.36. The molecule has 5 nitrogen and oxygen atoms in total. The van der Waals surface area contributed by atoms with Crippen LogP contribution in [0.3, 0.4) is 0 Å². The van der Waals surface area contributed by atoms with Crippen molar-refractivity contribution in [2.45, 2.75) is 38.6 Å². The van der Waals surface area contributed by atoms with Crippen molar-refractivity contribution in [3.63, 3.8) is 0 Å². The molecule has 1 aromatic carbocycles. The second-order valence-electron chi connectivity index (χ2n) is 5.47. The SMILES string of the molecule is CCOc1ccc(Nc2ccnc(NC3CCCC3)n2)cc1. The zero-order valence-electron chi connectivity index (χ0n) is 12.9. The molecule has 1 aliphatic rings. The van der Waals surface area contributed by atoms with Crippen LogP contribution in [0.15, 0.2) is 36.5 Å². The first kappa shape index (κ1) is 14.6. The molecule has 0 spiro atoms. The van der Waals surface area contributed by atoms with Crippen LogP contribution < -0.4 is 15.4 Å². The van der Waals surface area contributed by atoms with Crippen LogP contribution in [0.2, 0.25) is 0 Å². The molecule has 1 aliphatic carbocycles. The minimum Gasteiger partial charge on any atom is -0.494 e. The maximum absolute atomic E-state index is 5.44. The number of hydrogen-bond acceptors (Lipinski definition) is 5. The standard InChI is InChI=1S/C17H22N4O/c1-2-22-15-9-7-14(8-10-15)19-16-11-12-18-17(21-16)20-13-5-3-4-6-13/h7-13H,2-6H2,1H3,(H2,18,19,20,21). The van der Waals surface area contributed by atoms with Gasteiger partial charge in [0.25, 0.3) is 0 Å². The van der Waals surface area contributed by atoms with Crippen molar-refractivity contribution in [1.82, 2.24) is 9.97 Å². The van der Waals surface area contributed by atoms with E-state index >= 15 is 0 Å². The number of hydrogen-bond donors (Lipinski definition) is 2. The minimum absolute atomic E-state index is 0.515. The second-order valence-corrected chi connectivity index (χ2v) is 5.47. The van der Waals surface area contributed by atoms with Crippen LogP contribution in [0.5, 0.6) is 5.75 Å². The predicted octanol–water partition coefficient (Wildman–Crippen LogP) is 3.97. The summed E-state index contributed by atoms with van der Waals surface area (Å²) >= 11 is 0. The van der Waals surface area contributed by atoms with Crippen LogP contribution in [0.25, 0.3) is 0 Å². The van der Waals surface area contributed by atoms with Gasteiger partial charge in [0.2, 0.25) is 5.95 Å². The summed E-state index contributed by atoms with van der Waals surface area (Å²) < 4.78 is 5.44. The molecule has 2 aromatic rings. The Kier molecular flexibility index (Phi) is 4.73. The fourth-order valence-electron chi connectivity index (χ4n) is 2.70. The van der Waals surface area contributed by atoms with Gasteiger partial charge in [-0.05, 0) is 50.1 Å². The average molecular weight is 298 g/mol. The lowest BCUT2D eigenvalue weighted by Gasteiger charge is -2.13. The molecule has 1 heterocycles. The molecule has 1 aromatic heterocycles. The molecule has 0 aliphatic heterocycles. The van der Waals surface area contributed by atoms with E-state index in [4.69, 9.17) is 4.74 Å². The maximum Gasteiger partial charge on any atom is 0.224 e. The van der Waals surface area contributed by atoms with E-state index in [1.165, 1.54) is 25.7 Å². The van der Waals surface area contributed by atoms with Gasteiger partial charge in [-0.25, -0.2) is 4.98 Å². The average Bonchev–Trinajstić information content (AvgIpc) is 3.03. The molecule has 0 saturated heterocycles. The van der Waals surface area contributed by atoms with E-state index < -0.39 is 0 Å². The summed E-state index contributed by atoms with van der Waals surface area (Å²) in [6.45, 7) is 2.65. The molecule has 5 heteroatoms. The molecule has 0 atom stereocenters. The van der Waals surface area contributed by atoms with E-state index in [1.807, 2.05) is 37.3 Å². The van der Waals surface area contributed by atoms with E-state index in [0.29, 0.717) is 18.6 Å². The van der Waals surface area contributed by atoms with Gasteiger partial charge in [-0.2, -0.15) is 4.98 Å². The third kappa shape index (κ3) is 3.87.